The maximum absolute atomic E-state index is 4.17. The normalized spacial score (nSPS) is 12.7. The fourth-order valence-corrected chi connectivity index (χ4v) is 2.80. The molecule has 3 nitrogen and oxygen atoms in total. The quantitative estimate of drug-likeness (QED) is 0.767. The van der Waals surface area contributed by atoms with E-state index in [2.05, 4.69) is 54.0 Å². The van der Waals surface area contributed by atoms with Gasteiger partial charge in [0, 0.05) is 22.4 Å². The van der Waals surface area contributed by atoms with Gasteiger partial charge in [0.1, 0.15) is 10.0 Å². The maximum atomic E-state index is 4.17. The highest BCUT2D eigenvalue weighted by atomic mass is 79.9. The van der Waals surface area contributed by atoms with E-state index in [9.17, 15) is 0 Å². The topological polar surface area (TPSA) is 38.7 Å². The Morgan fingerprint density at radius 3 is 2.88 bits per heavy atom. The van der Waals surface area contributed by atoms with Gasteiger partial charge in [0.05, 0.1) is 4.83 Å². The van der Waals surface area contributed by atoms with Crippen LogP contribution in [-0.4, -0.2) is 15.2 Å². The number of hydrogen-bond donors (Lipinski definition) is 0. The molecule has 16 heavy (non-hydrogen) atoms. The molecule has 0 aromatic carbocycles. The van der Waals surface area contributed by atoms with Gasteiger partial charge < -0.3 is 0 Å². The van der Waals surface area contributed by atoms with E-state index in [1.807, 2.05) is 6.07 Å². The molecule has 0 amide bonds. The van der Waals surface area contributed by atoms with Crippen molar-refractivity contribution in [3.05, 3.63) is 27.9 Å². The van der Waals surface area contributed by atoms with Crippen molar-refractivity contribution in [2.75, 3.05) is 0 Å². The van der Waals surface area contributed by atoms with Crippen LogP contribution in [0.15, 0.2) is 22.9 Å². The fraction of sp³-hybridized carbons (Fsp3) is 0.300. The Morgan fingerprint density at radius 1 is 1.38 bits per heavy atom. The molecule has 0 N–H and O–H groups in total. The lowest BCUT2D eigenvalue weighted by atomic mass is 10.3. The van der Waals surface area contributed by atoms with E-state index >= 15 is 0 Å². The van der Waals surface area contributed by atoms with Crippen molar-refractivity contribution in [1.82, 2.24) is 15.2 Å². The van der Waals surface area contributed by atoms with Crippen molar-refractivity contribution in [1.29, 1.82) is 0 Å². The molecule has 0 saturated heterocycles. The zero-order valence-electron chi connectivity index (χ0n) is 8.52. The van der Waals surface area contributed by atoms with E-state index in [1.165, 1.54) is 0 Å². The third kappa shape index (κ3) is 2.67. The van der Waals surface area contributed by atoms with Gasteiger partial charge in [0.15, 0.2) is 0 Å². The van der Waals surface area contributed by atoms with Crippen LogP contribution in [0.25, 0.3) is 10.6 Å². The first kappa shape index (κ1) is 12.1. The van der Waals surface area contributed by atoms with Crippen molar-refractivity contribution < 1.29 is 0 Å². The van der Waals surface area contributed by atoms with Crippen LogP contribution in [0.2, 0.25) is 0 Å². The lowest BCUT2D eigenvalue weighted by Gasteiger charge is -1.98. The van der Waals surface area contributed by atoms with Crippen LogP contribution in [0, 0.1) is 0 Å². The summed E-state index contributed by atoms with van der Waals surface area (Å²) < 4.78 is 0.952. The first-order chi connectivity index (χ1) is 7.70. The van der Waals surface area contributed by atoms with Gasteiger partial charge in [-0.25, -0.2) is 0 Å². The summed E-state index contributed by atoms with van der Waals surface area (Å²) in [5, 5.41) is 10.3. The first-order valence-electron chi connectivity index (χ1n) is 4.79. The summed E-state index contributed by atoms with van der Waals surface area (Å²) in [6.07, 6.45) is 4.56. The number of hydrogen-bond acceptors (Lipinski definition) is 4. The van der Waals surface area contributed by atoms with Crippen molar-refractivity contribution in [2.24, 2.45) is 0 Å². The van der Waals surface area contributed by atoms with Crippen molar-refractivity contribution in [2.45, 2.75) is 18.2 Å². The lowest BCUT2D eigenvalue weighted by Crippen LogP contribution is -1.84. The average Bonchev–Trinajstić information content (AvgIpc) is 2.77. The molecule has 0 aliphatic carbocycles. The molecule has 0 aliphatic rings. The van der Waals surface area contributed by atoms with E-state index in [-0.39, 0.29) is 0 Å². The third-order valence-electron chi connectivity index (χ3n) is 2.02. The molecule has 1 atom stereocenters. The van der Waals surface area contributed by atoms with E-state index in [4.69, 9.17) is 0 Å². The van der Waals surface area contributed by atoms with Crippen LogP contribution >= 0.6 is 43.2 Å². The number of nitrogens with zero attached hydrogens (tertiary/aromatic N) is 3. The van der Waals surface area contributed by atoms with Gasteiger partial charge in [-0.05, 0) is 28.4 Å². The standard InChI is InChI=1S/C10H9Br2N3S/c1-2-8(12)10-15-14-9(16-10)6-3-7(11)5-13-4-6/h3-5,8H,2H2,1H3. The summed E-state index contributed by atoms with van der Waals surface area (Å²) >= 11 is 8.56. The predicted octanol–water partition coefficient (Wildman–Crippen LogP) is 4.21. The summed E-state index contributed by atoms with van der Waals surface area (Å²) in [7, 11) is 0. The molecule has 0 aliphatic heterocycles. The van der Waals surface area contributed by atoms with Crippen LogP contribution < -0.4 is 0 Å². The van der Waals surface area contributed by atoms with Gasteiger partial charge in [-0.3, -0.25) is 4.98 Å². The number of rotatable bonds is 3. The molecule has 0 spiro atoms. The highest BCUT2D eigenvalue weighted by molar-refractivity contribution is 9.10. The second kappa shape index (κ2) is 5.33. The molecule has 6 heteroatoms. The third-order valence-corrected chi connectivity index (χ3v) is 4.92. The molecule has 0 fully saturated rings. The molecular weight excluding hydrogens is 354 g/mol. The second-order valence-electron chi connectivity index (χ2n) is 3.21. The number of halogens is 2. The van der Waals surface area contributed by atoms with Gasteiger partial charge in [0.2, 0.25) is 0 Å². The van der Waals surface area contributed by atoms with E-state index in [0.717, 1.165) is 26.5 Å². The summed E-state index contributed by atoms with van der Waals surface area (Å²) in [5.41, 5.74) is 0.994. The number of pyridine rings is 1. The number of aromatic nitrogens is 3. The van der Waals surface area contributed by atoms with Crippen molar-refractivity contribution in [3.63, 3.8) is 0 Å². The largest absolute Gasteiger partial charge is 0.263 e. The average molecular weight is 363 g/mol. The molecule has 2 heterocycles. The van der Waals surface area contributed by atoms with Crippen LogP contribution in [0.4, 0.5) is 0 Å². The molecular formula is C10H9Br2N3S. The second-order valence-corrected chi connectivity index (χ2v) is 6.24. The molecule has 0 saturated carbocycles. The monoisotopic (exact) mass is 361 g/mol. The first-order valence-corrected chi connectivity index (χ1v) is 7.31. The molecule has 1 unspecified atom stereocenters. The Labute approximate surface area is 115 Å². The van der Waals surface area contributed by atoms with Crippen molar-refractivity contribution in [3.8, 4) is 10.6 Å². The Morgan fingerprint density at radius 2 is 2.19 bits per heavy atom. The van der Waals surface area contributed by atoms with E-state index in [0.29, 0.717) is 4.83 Å². The van der Waals surface area contributed by atoms with E-state index < -0.39 is 0 Å². The fourth-order valence-electron chi connectivity index (χ4n) is 1.18. The highest BCUT2D eigenvalue weighted by Crippen LogP contribution is 2.32. The molecule has 2 aromatic heterocycles. The van der Waals surface area contributed by atoms with Gasteiger partial charge in [-0.2, -0.15) is 0 Å². The van der Waals surface area contributed by atoms with Crippen LogP contribution in [-0.2, 0) is 0 Å². The molecule has 2 rings (SSSR count). The highest BCUT2D eigenvalue weighted by Gasteiger charge is 2.12. The lowest BCUT2D eigenvalue weighted by molar-refractivity contribution is 0.870. The molecule has 0 bridgehead atoms. The maximum Gasteiger partial charge on any atom is 0.149 e. The van der Waals surface area contributed by atoms with Gasteiger partial charge >= 0.3 is 0 Å². The molecule has 2 aromatic rings. The SMILES string of the molecule is CCC(Br)c1nnc(-c2cncc(Br)c2)s1. The summed E-state index contributed by atoms with van der Waals surface area (Å²) in [4.78, 5) is 4.41. The minimum atomic E-state index is 0.291. The van der Waals surface area contributed by atoms with Gasteiger partial charge in [-0.1, -0.05) is 34.2 Å². The summed E-state index contributed by atoms with van der Waals surface area (Å²) in [5.74, 6) is 0. The molecule has 0 radical (unpaired) electrons. The molecule has 84 valence electrons. The minimum Gasteiger partial charge on any atom is -0.263 e. The zero-order chi connectivity index (χ0) is 11.5. The predicted molar refractivity (Wildman–Crippen MR) is 72.8 cm³/mol. The Balaban J connectivity index is 2.31. The Hall–Kier alpha value is -0.330. The van der Waals surface area contributed by atoms with Crippen LogP contribution in [0.1, 0.15) is 23.2 Å². The zero-order valence-corrected chi connectivity index (χ0v) is 12.5. The summed E-state index contributed by atoms with van der Waals surface area (Å²) in [6, 6.07) is 1.99. The Kier molecular flexibility index (Phi) is 4.05. The number of alkyl halides is 1. The van der Waals surface area contributed by atoms with E-state index in [1.54, 1.807) is 23.7 Å². The Bertz CT molecular complexity index is 486. The summed E-state index contributed by atoms with van der Waals surface area (Å²) in [6.45, 7) is 2.11. The smallest absolute Gasteiger partial charge is 0.149 e. The van der Waals surface area contributed by atoms with Crippen LogP contribution in [0.3, 0.4) is 0 Å². The minimum absolute atomic E-state index is 0.291. The van der Waals surface area contributed by atoms with Gasteiger partial charge in [0.25, 0.3) is 0 Å². The van der Waals surface area contributed by atoms with Crippen molar-refractivity contribution >= 4 is 43.2 Å². The van der Waals surface area contributed by atoms with Crippen LogP contribution in [0.5, 0.6) is 0 Å². The van der Waals surface area contributed by atoms with Gasteiger partial charge in [-0.15, -0.1) is 10.2 Å².